The predicted molar refractivity (Wildman–Crippen MR) is 83.7 cm³/mol. The smallest absolute Gasteiger partial charge is 0.0839 e. The third-order valence-electron chi connectivity index (χ3n) is 3.43. The summed E-state index contributed by atoms with van der Waals surface area (Å²) in [5.74, 6) is 0. The highest BCUT2D eigenvalue weighted by Crippen LogP contribution is 2.22. The van der Waals surface area contributed by atoms with E-state index < -0.39 is 0 Å². The summed E-state index contributed by atoms with van der Waals surface area (Å²) >= 11 is 3.65. The van der Waals surface area contributed by atoms with Gasteiger partial charge in [-0.1, -0.05) is 13.8 Å². The van der Waals surface area contributed by atoms with Crippen molar-refractivity contribution in [3.8, 4) is 0 Å². The minimum absolute atomic E-state index is 0.733. The number of hydrogen-bond acceptors (Lipinski definition) is 3. The Morgan fingerprint density at radius 1 is 1.30 bits per heavy atom. The number of hydrogen-bond donors (Lipinski definition) is 1. The summed E-state index contributed by atoms with van der Waals surface area (Å²) in [5, 5.41) is 12.4. The number of halogens is 1. The average molecular weight is 340 g/mol. The Kier molecular flexibility index (Phi) is 4.99. The molecule has 20 heavy (non-hydrogen) atoms. The second-order valence-corrected chi connectivity index (χ2v) is 5.70. The molecule has 0 spiro atoms. The molecule has 0 saturated heterocycles. The molecule has 0 aliphatic carbocycles. The molecule has 0 atom stereocenters. The summed E-state index contributed by atoms with van der Waals surface area (Å²) in [4.78, 5) is 0. The lowest BCUT2D eigenvalue weighted by molar-refractivity contribution is 0.612. The molecule has 0 radical (unpaired) electrons. The molecule has 0 unspecified atom stereocenters. The Labute approximate surface area is 128 Å². The lowest BCUT2D eigenvalue weighted by Gasteiger charge is -2.03. The molecule has 2 rings (SSSR count). The van der Waals surface area contributed by atoms with Gasteiger partial charge >= 0.3 is 0 Å². The van der Waals surface area contributed by atoms with Gasteiger partial charge in [0.15, 0.2) is 0 Å². The summed E-state index contributed by atoms with van der Waals surface area (Å²) in [7, 11) is 1.98. The van der Waals surface area contributed by atoms with Crippen LogP contribution in [-0.2, 0) is 26.6 Å². The molecule has 110 valence electrons. The normalized spacial score (nSPS) is 11.2. The van der Waals surface area contributed by atoms with Crippen molar-refractivity contribution < 1.29 is 0 Å². The molecule has 0 aliphatic rings. The number of aryl methyl sites for hydroxylation is 3. The van der Waals surface area contributed by atoms with Crippen molar-refractivity contribution in [2.75, 3.05) is 6.54 Å². The van der Waals surface area contributed by atoms with E-state index in [2.05, 4.69) is 58.4 Å². The molecule has 5 nitrogen and oxygen atoms in total. The van der Waals surface area contributed by atoms with Crippen molar-refractivity contribution in [3.63, 3.8) is 0 Å². The lowest BCUT2D eigenvalue weighted by Crippen LogP contribution is -2.11. The van der Waals surface area contributed by atoms with Gasteiger partial charge < -0.3 is 5.32 Å². The molecule has 6 heteroatoms. The molecule has 2 aromatic heterocycles. The number of nitrogens with zero attached hydrogens (tertiary/aromatic N) is 4. The topological polar surface area (TPSA) is 47.7 Å². The summed E-state index contributed by atoms with van der Waals surface area (Å²) in [6.45, 7) is 8.85. The monoisotopic (exact) mass is 339 g/mol. The Morgan fingerprint density at radius 2 is 2.05 bits per heavy atom. The van der Waals surface area contributed by atoms with Gasteiger partial charge in [-0.3, -0.25) is 9.36 Å². The molecular formula is C14H22BrN5. The van der Waals surface area contributed by atoms with E-state index in [4.69, 9.17) is 0 Å². The van der Waals surface area contributed by atoms with Crippen LogP contribution in [0.3, 0.4) is 0 Å². The van der Waals surface area contributed by atoms with Crippen LogP contribution >= 0.6 is 15.9 Å². The number of nitrogens with one attached hydrogen (secondary N) is 1. The zero-order valence-electron chi connectivity index (χ0n) is 12.6. The molecule has 0 saturated carbocycles. The number of aromatic nitrogens is 4. The van der Waals surface area contributed by atoms with Crippen molar-refractivity contribution in [2.24, 2.45) is 7.05 Å². The van der Waals surface area contributed by atoms with Gasteiger partial charge in [0, 0.05) is 25.4 Å². The Balaban J connectivity index is 2.20. The molecule has 0 aliphatic heterocycles. The van der Waals surface area contributed by atoms with Crippen LogP contribution in [0.15, 0.2) is 10.7 Å². The van der Waals surface area contributed by atoms with Gasteiger partial charge in [-0.25, -0.2) is 0 Å². The second kappa shape index (κ2) is 6.54. The van der Waals surface area contributed by atoms with E-state index in [1.807, 2.05) is 16.4 Å². The number of rotatable bonds is 6. The van der Waals surface area contributed by atoms with E-state index in [0.717, 1.165) is 47.6 Å². The third-order valence-corrected chi connectivity index (χ3v) is 4.34. The van der Waals surface area contributed by atoms with Crippen LogP contribution < -0.4 is 5.32 Å². The van der Waals surface area contributed by atoms with Gasteiger partial charge in [0.25, 0.3) is 0 Å². The van der Waals surface area contributed by atoms with Gasteiger partial charge in [-0.15, -0.1) is 0 Å². The van der Waals surface area contributed by atoms with Crippen LogP contribution in [0.4, 0.5) is 0 Å². The van der Waals surface area contributed by atoms with Crippen molar-refractivity contribution in [1.29, 1.82) is 0 Å². The Hall–Kier alpha value is -1.14. The molecule has 0 aromatic carbocycles. The minimum atomic E-state index is 0.733. The predicted octanol–water partition coefficient (Wildman–Crippen LogP) is 2.41. The zero-order chi connectivity index (χ0) is 14.7. The first-order valence-electron chi connectivity index (χ1n) is 7.00. The first-order chi connectivity index (χ1) is 9.56. The fraction of sp³-hybridized carbons (Fsp3) is 0.571. The van der Waals surface area contributed by atoms with Crippen LogP contribution in [-0.4, -0.2) is 26.1 Å². The highest BCUT2D eigenvalue weighted by atomic mass is 79.9. The summed E-state index contributed by atoms with van der Waals surface area (Å²) in [6, 6.07) is 0. The summed E-state index contributed by atoms with van der Waals surface area (Å²) < 4.78 is 5.02. The van der Waals surface area contributed by atoms with Gasteiger partial charge in [-0.05, 0) is 35.8 Å². The summed E-state index contributed by atoms with van der Waals surface area (Å²) in [5.41, 5.74) is 4.58. The second-order valence-electron chi connectivity index (χ2n) is 4.90. The first-order valence-corrected chi connectivity index (χ1v) is 7.80. The maximum absolute atomic E-state index is 4.59. The van der Waals surface area contributed by atoms with Crippen molar-refractivity contribution >= 4 is 15.9 Å². The third kappa shape index (κ3) is 3.12. The fourth-order valence-electron chi connectivity index (χ4n) is 2.22. The molecule has 0 amide bonds. The maximum Gasteiger partial charge on any atom is 0.0839 e. The molecular weight excluding hydrogens is 318 g/mol. The molecule has 0 bridgehead atoms. The molecule has 2 aromatic rings. The summed E-state index contributed by atoms with van der Waals surface area (Å²) in [6.07, 6.45) is 3.04. The van der Waals surface area contributed by atoms with Gasteiger partial charge in [-0.2, -0.15) is 10.2 Å². The minimum Gasteiger partial charge on any atom is -0.313 e. The van der Waals surface area contributed by atoms with Crippen LogP contribution in [0.25, 0.3) is 0 Å². The quantitative estimate of drug-likeness (QED) is 0.879. The van der Waals surface area contributed by atoms with Crippen molar-refractivity contribution in [1.82, 2.24) is 24.9 Å². The molecule has 2 heterocycles. The zero-order valence-corrected chi connectivity index (χ0v) is 14.2. The average Bonchev–Trinajstić information content (AvgIpc) is 2.90. The standard InChI is InChI=1S/C14H22BrN5/c1-5-12-14(15)13(19(4)18-12)9-20-8-11(7-16-6-2)10(3)17-20/h8,16H,5-7,9H2,1-4H3. The van der Waals surface area contributed by atoms with Gasteiger partial charge in [0.2, 0.25) is 0 Å². The molecule has 1 N–H and O–H groups in total. The van der Waals surface area contributed by atoms with E-state index in [1.165, 1.54) is 5.56 Å². The largest absolute Gasteiger partial charge is 0.313 e. The lowest BCUT2D eigenvalue weighted by atomic mass is 10.2. The van der Waals surface area contributed by atoms with Gasteiger partial charge in [0.05, 0.1) is 28.1 Å². The SMILES string of the molecule is CCNCc1cn(Cc2c(Br)c(CC)nn2C)nc1C. The van der Waals surface area contributed by atoms with E-state index in [1.54, 1.807) is 0 Å². The first kappa shape index (κ1) is 15.3. The highest BCUT2D eigenvalue weighted by molar-refractivity contribution is 9.10. The van der Waals surface area contributed by atoms with E-state index in [0.29, 0.717) is 0 Å². The van der Waals surface area contributed by atoms with E-state index in [-0.39, 0.29) is 0 Å². The Morgan fingerprint density at radius 3 is 2.65 bits per heavy atom. The molecule has 0 fully saturated rings. The van der Waals surface area contributed by atoms with Gasteiger partial charge in [0.1, 0.15) is 0 Å². The van der Waals surface area contributed by atoms with E-state index >= 15 is 0 Å². The fourth-order valence-corrected chi connectivity index (χ4v) is 2.96. The van der Waals surface area contributed by atoms with Crippen molar-refractivity contribution in [3.05, 3.63) is 33.3 Å². The van der Waals surface area contributed by atoms with Crippen molar-refractivity contribution in [2.45, 2.75) is 40.3 Å². The van der Waals surface area contributed by atoms with Crippen LogP contribution in [0.2, 0.25) is 0 Å². The highest BCUT2D eigenvalue weighted by Gasteiger charge is 2.14. The van der Waals surface area contributed by atoms with Crippen LogP contribution in [0.5, 0.6) is 0 Å². The van der Waals surface area contributed by atoms with Crippen LogP contribution in [0.1, 0.15) is 36.5 Å². The van der Waals surface area contributed by atoms with E-state index in [9.17, 15) is 0 Å². The van der Waals surface area contributed by atoms with Crippen LogP contribution in [0, 0.1) is 6.92 Å². The Bertz CT molecular complexity index is 585. The maximum atomic E-state index is 4.59.